The number of hydrogen-bond donors (Lipinski definition) is 1. The van der Waals surface area contributed by atoms with Crippen molar-refractivity contribution >= 4 is 0 Å². The van der Waals surface area contributed by atoms with Crippen molar-refractivity contribution in [3.8, 4) is 5.75 Å². The molecular weight excluding hydrogens is 205 g/mol. The predicted molar refractivity (Wildman–Crippen MR) is 62.1 cm³/mol. The molecule has 16 heavy (non-hydrogen) atoms. The van der Waals surface area contributed by atoms with Crippen molar-refractivity contribution < 1.29 is 9.13 Å². The third-order valence-electron chi connectivity index (χ3n) is 2.61. The molecule has 1 aliphatic heterocycles. The first-order valence-electron chi connectivity index (χ1n) is 5.61. The summed E-state index contributed by atoms with van der Waals surface area (Å²) in [6.45, 7) is 2.69. The normalized spacial score (nSPS) is 15.7. The van der Waals surface area contributed by atoms with Crippen LogP contribution in [0.15, 0.2) is 35.9 Å². The molecular formula is C13H16FNO. The maximum absolute atomic E-state index is 12.6. The molecule has 0 spiro atoms. The van der Waals surface area contributed by atoms with Gasteiger partial charge in [0, 0.05) is 13.0 Å². The Kier molecular flexibility index (Phi) is 3.94. The fraction of sp³-hybridized carbons (Fsp3) is 0.385. The summed E-state index contributed by atoms with van der Waals surface area (Å²) >= 11 is 0. The molecule has 0 fully saturated rings. The molecule has 0 aliphatic carbocycles. The lowest BCUT2D eigenvalue weighted by Crippen LogP contribution is -2.23. The smallest absolute Gasteiger partial charge is 0.123 e. The van der Waals surface area contributed by atoms with Gasteiger partial charge in [-0.3, -0.25) is 0 Å². The van der Waals surface area contributed by atoms with Crippen LogP contribution in [0.3, 0.4) is 0 Å². The van der Waals surface area contributed by atoms with Gasteiger partial charge in [0.15, 0.2) is 0 Å². The topological polar surface area (TPSA) is 21.3 Å². The molecule has 2 nitrogen and oxygen atoms in total. The summed E-state index contributed by atoms with van der Waals surface area (Å²) < 4.78 is 18.2. The average Bonchev–Trinajstić information content (AvgIpc) is 2.33. The highest BCUT2D eigenvalue weighted by atomic mass is 19.1. The second-order valence-electron chi connectivity index (χ2n) is 3.88. The van der Waals surface area contributed by atoms with E-state index in [2.05, 4.69) is 11.4 Å². The quantitative estimate of drug-likeness (QED) is 0.789. The molecule has 1 aromatic carbocycles. The molecule has 0 saturated carbocycles. The van der Waals surface area contributed by atoms with Crippen molar-refractivity contribution in [2.45, 2.75) is 12.8 Å². The van der Waals surface area contributed by atoms with E-state index in [1.807, 2.05) is 0 Å². The number of rotatable bonds is 4. The molecule has 86 valence electrons. The van der Waals surface area contributed by atoms with Crippen molar-refractivity contribution in [2.75, 3.05) is 19.7 Å². The Balaban J connectivity index is 1.75. The van der Waals surface area contributed by atoms with Crippen LogP contribution in [0, 0.1) is 5.82 Å². The van der Waals surface area contributed by atoms with Gasteiger partial charge in [0.2, 0.25) is 0 Å². The highest BCUT2D eigenvalue weighted by molar-refractivity contribution is 5.22. The van der Waals surface area contributed by atoms with E-state index in [0.29, 0.717) is 6.61 Å². The van der Waals surface area contributed by atoms with Crippen LogP contribution in [0.5, 0.6) is 5.75 Å². The Morgan fingerprint density at radius 2 is 2.06 bits per heavy atom. The predicted octanol–water partition coefficient (Wildman–Crippen LogP) is 2.51. The Hall–Kier alpha value is -1.35. The lowest BCUT2D eigenvalue weighted by atomic mass is 10.1. The van der Waals surface area contributed by atoms with Gasteiger partial charge in [0.05, 0.1) is 6.61 Å². The van der Waals surface area contributed by atoms with Crippen LogP contribution in [0.25, 0.3) is 0 Å². The van der Waals surface area contributed by atoms with Gasteiger partial charge in [0.25, 0.3) is 0 Å². The van der Waals surface area contributed by atoms with Crippen LogP contribution < -0.4 is 10.1 Å². The van der Waals surface area contributed by atoms with Gasteiger partial charge in [-0.15, -0.1) is 0 Å². The maximum Gasteiger partial charge on any atom is 0.123 e. The Bertz CT molecular complexity index is 359. The summed E-state index contributed by atoms with van der Waals surface area (Å²) in [4.78, 5) is 0. The molecule has 0 saturated heterocycles. The van der Waals surface area contributed by atoms with Crippen molar-refractivity contribution in [3.05, 3.63) is 41.7 Å². The van der Waals surface area contributed by atoms with Crippen molar-refractivity contribution in [3.63, 3.8) is 0 Å². The van der Waals surface area contributed by atoms with Gasteiger partial charge in [0.1, 0.15) is 11.6 Å². The number of ether oxygens (including phenoxy) is 1. The van der Waals surface area contributed by atoms with E-state index >= 15 is 0 Å². The number of nitrogens with one attached hydrogen (secondary N) is 1. The van der Waals surface area contributed by atoms with Crippen LogP contribution in [0.2, 0.25) is 0 Å². The average molecular weight is 221 g/mol. The number of hydrogen-bond acceptors (Lipinski definition) is 2. The van der Waals surface area contributed by atoms with E-state index in [1.165, 1.54) is 17.7 Å². The summed E-state index contributed by atoms with van der Waals surface area (Å²) in [6.07, 6.45) is 4.31. The van der Waals surface area contributed by atoms with Crippen LogP contribution in [0.4, 0.5) is 4.39 Å². The van der Waals surface area contributed by atoms with Crippen LogP contribution in [-0.4, -0.2) is 19.7 Å². The lowest BCUT2D eigenvalue weighted by Gasteiger charge is -2.14. The Morgan fingerprint density at radius 1 is 1.25 bits per heavy atom. The number of benzene rings is 1. The van der Waals surface area contributed by atoms with Crippen molar-refractivity contribution in [2.24, 2.45) is 0 Å². The Labute approximate surface area is 95.1 Å². The molecule has 0 aromatic heterocycles. The lowest BCUT2D eigenvalue weighted by molar-refractivity contribution is 0.319. The molecule has 0 unspecified atom stereocenters. The fourth-order valence-electron chi connectivity index (χ4n) is 1.72. The standard InChI is InChI=1S/C13H16FNO/c14-12-3-5-13(6-4-12)16-9-7-11-2-1-8-15-10-11/h2-6,15H,1,7-10H2. The molecule has 0 amide bonds. The molecule has 1 aromatic rings. The van der Waals surface area contributed by atoms with E-state index in [-0.39, 0.29) is 5.82 Å². The third kappa shape index (κ3) is 3.35. The summed E-state index contributed by atoms with van der Waals surface area (Å²) in [7, 11) is 0. The molecule has 2 rings (SSSR count). The first-order chi connectivity index (χ1) is 7.84. The van der Waals surface area contributed by atoms with E-state index < -0.39 is 0 Å². The number of halogens is 1. The summed E-state index contributed by atoms with van der Waals surface area (Å²) in [6, 6.07) is 6.14. The largest absolute Gasteiger partial charge is 0.493 e. The molecule has 0 radical (unpaired) electrons. The SMILES string of the molecule is Fc1ccc(OCCC2=CCCNC2)cc1. The van der Waals surface area contributed by atoms with Gasteiger partial charge in [-0.05, 0) is 37.2 Å². The maximum atomic E-state index is 12.6. The van der Waals surface area contributed by atoms with E-state index in [9.17, 15) is 4.39 Å². The van der Waals surface area contributed by atoms with Crippen molar-refractivity contribution in [1.29, 1.82) is 0 Å². The second kappa shape index (κ2) is 5.66. The van der Waals surface area contributed by atoms with Crippen molar-refractivity contribution in [1.82, 2.24) is 5.32 Å². The van der Waals surface area contributed by atoms with Gasteiger partial charge in [-0.25, -0.2) is 4.39 Å². The molecule has 1 heterocycles. The summed E-state index contributed by atoms with van der Waals surface area (Å²) in [5.74, 6) is 0.498. The first kappa shape index (κ1) is 11.1. The van der Waals surface area contributed by atoms with E-state index in [1.54, 1.807) is 12.1 Å². The zero-order valence-corrected chi connectivity index (χ0v) is 9.21. The second-order valence-corrected chi connectivity index (χ2v) is 3.88. The minimum atomic E-state index is -0.230. The monoisotopic (exact) mass is 221 g/mol. The third-order valence-corrected chi connectivity index (χ3v) is 2.61. The van der Waals surface area contributed by atoms with Crippen LogP contribution >= 0.6 is 0 Å². The minimum Gasteiger partial charge on any atom is -0.493 e. The van der Waals surface area contributed by atoms with Crippen LogP contribution in [-0.2, 0) is 0 Å². The highest BCUT2D eigenvalue weighted by Gasteiger charge is 2.02. The van der Waals surface area contributed by atoms with Crippen LogP contribution in [0.1, 0.15) is 12.8 Å². The van der Waals surface area contributed by atoms with Gasteiger partial charge < -0.3 is 10.1 Å². The Morgan fingerprint density at radius 3 is 2.75 bits per heavy atom. The minimum absolute atomic E-state index is 0.230. The fourth-order valence-corrected chi connectivity index (χ4v) is 1.72. The molecule has 1 aliphatic rings. The van der Waals surface area contributed by atoms with E-state index in [0.717, 1.165) is 31.7 Å². The molecule has 0 atom stereocenters. The van der Waals surface area contributed by atoms with Gasteiger partial charge >= 0.3 is 0 Å². The van der Waals surface area contributed by atoms with Gasteiger partial charge in [-0.1, -0.05) is 11.6 Å². The summed E-state index contributed by atoms with van der Waals surface area (Å²) in [5, 5.41) is 3.32. The molecule has 1 N–H and O–H groups in total. The first-order valence-corrected chi connectivity index (χ1v) is 5.61. The van der Waals surface area contributed by atoms with E-state index in [4.69, 9.17) is 4.74 Å². The molecule has 3 heteroatoms. The highest BCUT2D eigenvalue weighted by Crippen LogP contribution is 2.13. The zero-order chi connectivity index (χ0) is 11.2. The molecule has 0 bridgehead atoms. The van der Waals surface area contributed by atoms with Gasteiger partial charge in [-0.2, -0.15) is 0 Å². The zero-order valence-electron chi connectivity index (χ0n) is 9.21. The summed E-state index contributed by atoms with van der Waals surface area (Å²) in [5.41, 5.74) is 1.40.